The molecule has 0 aliphatic carbocycles. The lowest BCUT2D eigenvalue weighted by Crippen LogP contribution is -2.35. The summed E-state index contributed by atoms with van der Waals surface area (Å²) in [6.07, 6.45) is 0. The minimum atomic E-state index is -3.89. The van der Waals surface area contributed by atoms with Crippen molar-refractivity contribution in [3.8, 4) is 0 Å². The van der Waals surface area contributed by atoms with Gasteiger partial charge in [-0.15, -0.1) is 0 Å². The number of amides is 2. The van der Waals surface area contributed by atoms with E-state index in [2.05, 4.69) is 15.0 Å². The first kappa shape index (κ1) is 22.8. The van der Waals surface area contributed by atoms with Crippen LogP contribution in [0.5, 0.6) is 0 Å². The molecule has 0 saturated heterocycles. The van der Waals surface area contributed by atoms with Crippen LogP contribution in [0.4, 0.5) is 10.5 Å². The van der Waals surface area contributed by atoms with E-state index >= 15 is 0 Å². The zero-order chi connectivity index (χ0) is 22.9. The van der Waals surface area contributed by atoms with Crippen LogP contribution in [0.3, 0.4) is 0 Å². The topological polar surface area (TPSA) is 93.1 Å². The highest BCUT2D eigenvalue weighted by Crippen LogP contribution is 2.32. The average molecular weight is 443 g/mol. The number of carbonyl (C=O) groups is 1. The Morgan fingerprint density at radius 1 is 1.06 bits per heavy atom. The Hall–Kier alpha value is -2.87. The van der Waals surface area contributed by atoms with Gasteiger partial charge < -0.3 is 9.88 Å². The molecule has 3 aromatic rings. The molecule has 2 amide bonds. The van der Waals surface area contributed by atoms with Crippen molar-refractivity contribution >= 4 is 32.8 Å². The minimum absolute atomic E-state index is 0.180. The van der Waals surface area contributed by atoms with Gasteiger partial charge in [-0.3, -0.25) is 0 Å². The van der Waals surface area contributed by atoms with E-state index in [0.29, 0.717) is 11.3 Å². The van der Waals surface area contributed by atoms with Crippen molar-refractivity contribution in [2.75, 3.05) is 5.32 Å². The third-order valence-corrected chi connectivity index (χ3v) is 6.59. The molecule has 0 bridgehead atoms. The lowest BCUT2D eigenvalue weighted by molar-refractivity contribution is 0.256. The largest absolute Gasteiger partial charge is 0.332 e. The Morgan fingerprint density at radius 3 is 2.26 bits per heavy atom. The first-order valence-electron chi connectivity index (χ1n) is 10.3. The Bertz CT molecular complexity index is 1200. The third-order valence-electron chi connectivity index (χ3n) is 5.39. The zero-order valence-electron chi connectivity index (χ0n) is 18.9. The van der Waals surface area contributed by atoms with Gasteiger partial charge in [-0.1, -0.05) is 52.0 Å². The Morgan fingerprint density at radius 2 is 1.68 bits per heavy atom. The van der Waals surface area contributed by atoms with Crippen molar-refractivity contribution < 1.29 is 13.2 Å². The number of urea groups is 1. The lowest BCUT2D eigenvalue weighted by atomic mass is 9.93. The number of fused-ring (bicyclic) bond motifs is 1. The second-order valence-electron chi connectivity index (χ2n) is 8.48. The molecular formula is C23H30N4O3S. The number of imidazole rings is 1. The quantitative estimate of drug-likeness (QED) is 0.574. The van der Waals surface area contributed by atoms with Crippen LogP contribution in [0.25, 0.3) is 11.0 Å². The molecule has 0 aliphatic rings. The summed E-state index contributed by atoms with van der Waals surface area (Å²) < 4.78 is 29.4. The molecule has 0 unspecified atom stereocenters. The van der Waals surface area contributed by atoms with Gasteiger partial charge in [0.2, 0.25) is 10.0 Å². The fourth-order valence-electron chi connectivity index (χ4n) is 3.68. The van der Waals surface area contributed by atoms with Gasteiger partial charge in [-0.2, -0.15) is 0 Å². The molecule has 7 nitrogen and oxygen atoms in total. The highest BCUT2D eigenvalue weighted by molar-refractivity contribution is 7.89. The normalized spacial score (nSPS) is 12.0. The monoisotopic (exact) mass is 442 g/mol. The van der Waals surface area contributed by atoms with E-state index in [0.717, 1.165) is 28.0 Å². The maximum absolute atomic E-state index is 12.7. The molecule has 166 valence electrons. The van der Waals surface area contributed by atoms with Crippen molar-refractivity contribution in [1.29, 1.82) is 0 Å². The lowest BCUT2D eigenvalue weighted by Gasteiger charge is -2.20. The number of hydrogen-bond donors (Lipinski definition) is 2. The van der Waals surface area contributed by atoms with Crippen LogP contribution < -0.4 is 10.0 Å². The number of anilines is 1. The fourth-order valence-corrected chi connectivity index (χ4v) is 4.70. The summed E-state index contributed by atoms with van der Waals surface area (Å²) in [5.74, 6) is 0.903. The highest BCUT2D eigenvalue weighted by atomic mass is 32.2. The van der Waals surface area contributed by atoms with Crippen molar-refractivity contribution in [1.82, 2.24) is 14.3 Å². The molecule has 0 atom stereocenters. The van der Waals surface area contributed by atoms with Crippen LogP contribution in [-0.4, -0.2) is 24.0 Å². The van der Waals surface area contributed by atoms with Gasteiger partial charge in [-0.25, -0.2) is 22.9 Å². The predicted molar refractivity (Wildman–Crippen MR) is 125 cm³/mol. The second-order valence-corrected chi connectivity index (χ2v) is 10.2. The maximum atomic E-state index is 12.7. The number of sulfonamides is 1. The summed E-state index contributed by atoms with van der Waals surface area (Å²) in [5, 5.41) is 2.78. The second kappa shape index (κ2) is 8.70. The standard InChI is InChI=1S/C23H30N4O3S/c1-14(2)18-8-7-9-19(15(3)4)22(18)25-23(28)26-31(29,30)13-17-10-11-20-21(12-17)27(6)16(5)24-20/h7-12,14-15H,13H2,1-6H3,(H2,25,26,28). The van der Waals surface area contributed by atoms with Crippen molar-refractivity contribution in [2.24, 2.45) is 7.05 Å². The number of benzene rings is 2. The van der Waals surface area contributed by atoms with E-state index in [1.807, 2.05) is 64.4 Å². The van der Waals surface area contributed by atoms with Crippen LogP contribution in [0.1, 0.15) is 62.0 Å². The maximum Gasteiger partial charge on any atom is 0.332 e. The number of hydrogen-bond acceptors (Lipinski definition) is 4. The molecule has 3 rings (SSSR count). The molecule has 8 heteroatoms. The van der Waals surface area contributed by atoms with E-state index in [1.54, 1.807) is 18.2 Å². The highest BCUT2D eigenvalue weighted by Gasteiger charge is 2.20. The van der Waals surface area contributed by atoms with Gasteiger partial charge in [0, 0.05) is 12.7 Å². The van der Waals surface area contributed by atoms with Crippen LogP contribution >= 0.6 is 0 Å². The molecule has 0 aliphatic heterocycles. The van der Waals surface area contributed by atoms with E-state index in [1.165, 1.54) is 0 Å². The van der Waals surface area contributed by atoms with Crippen LogP contribution in [0.15, 0.2) is 36.4 Å². The Labute approximate surface area is 183 Å². The number of nitrogens with one attached hydrogen (secondary N) is 2. The number of nitrogens with zero attached hydrogens (tertiary/aromatic N) is 2. The van der Waals surface area contributed by atoms with Crippen molar-refractivity contribution in [2.45, 2.75) is 52.2 Å². The molecule has 0 spiro atoms. The predicted octanol–water partition coefficient (Wildman–Crippen LogP) is 4.78. The van der Waals surface area contributed by atoms with Gasteiger partial charge in [0.15, 0.2) is 0 Å². The number of para-hydroxylation sites is 1. The fraction of sp³-hybridized carbons (Fsp3) is 0.391. The molecule has 2 aromatic carbocycles. The molecule has 0 saturated carbocycles. The summed E-state index contributed by atoms with van der Waals surface area (Å²) in [7, 11) is -2.00. The van der Waals surface area contributed by atoms with Gasteiger partial charge >= 0.3 is 6.03 Å². The van der Waals surface area contributed by atoms with Gasteiger partial charge in [0.25, 0.3) is 0 Å². The van der Waals surface area contributed by atoms with E-state index in [9.17, 15) is 13.2 Å². The van der Waals surface area contributed by atoms with Gasteiger partial charge in [0.1, 0.15) is 5.82 Å². The van der Waals surface area contributed by atoms with Crippen LogP contribution in [0.2, 0.25) is 0 Å². The number of aryl methyl sites for hydroxylation is 2. The van der Waals surface area contributed by atoms with Crippen LogP contribution in [0, 0.1) is 6.92 Å². The average Bonchev–Trinajstić information content (AvgIpc) is 2.94. The first-order valence-corrected chi connectivity index (χ1v) is 12.0. The number of rotatable bonds is 6. The summed E-state index contributed by atoms with van der Waals surface area (Å²) in [4.78, 5) is 17.0. The summed E-state index contributed by atoms with van der Waals surface area (Å²) in [6, 6.07) is 10.4. The summed E-state index contributed by atoms with van der Waals surface area (Å²) >= 11 is 0. The molecular weight excluding hydrogens is 412 g/mol. The van der Waals surface area contributed by atoms with Gasteiger partial charge in [-0.05, 0) is 47.6 Å². The van der Waals surface area contributed by atoms with E-state index in [4.69, 9.17) is 0 Å². The molecule has 2 N–H and O–H groups in total. The zero-order valence-corrected chi connectivity index (χ0v) is 19.7. The number of carbonyl (C=O) groups excluding carboxylic acids is 1. The molecule has 0 fully saturated rings. The Balaban J connectivity index is 1.80. The van der Waals surface area contributed by atoms with Crippen LogP contribution in [-0.2, 0) is 22.8 Å². The minimum Gasteiger partial charge on any atom is -0.331 e. The van der Waals surface area contributed by atoms with Gasteiger partial charge in [0.05, 0.1) is 16.8 Å². The smallest absolute Gasteiger partial charge is 0.331 e. The van der Waals surface area contributed by atoms with E-state index in [-0.39, 0.29) is 17.6 Å². The van der Waals surface area contributed by atoms with Crippen molar-refractivity contribution in [3.05, 3.63) is 58.9 Å². The Kier molecular flexibility index (Phi) is 6.40. The van der Waals surface area contributed by atoms with E-state index < -0.39 is 16.1 Å². The molecule has 0 radical (unpaired) electrons. The SMILES string of the molecule is Cc1nc2ccc(CS(=O)(=O)NC(=O)Nc3c(C(C)C)cccc3C(C)C)cc2n1C. The number of aromatic nitrogens is 2. The molecule has 1 aromatic heterocycles. The van der Waals surface area contributed by atoms with Crippen molar-refractivity contribution in [3.63, 3.8) is 0 Å². The molecule has 1 heterocycles. The summed E-state index contributed by atoms with van der Waals surface area (Å²) in [6.45, 7) is 10.0. The summed E-state index contributed by atoms with van der Waals surface area (Å²) in [5.41, 5.74) is 4.85. The third kappa shape index (κ3) is 5.07. The first-order chi connectivity index (χ1) is 14.5. The molecule has 31 heavy (non-hydrogen) atoms.